The Balaban J connectivity index is 1.43. The monoisotopic (exact) mass is 494 g/mol. The van der Waals surface area contributed by atoms with Crippen LogP contribution in [0.5, 0.6) is 11.5 Å². The van der Waals surface area contributed by atoms with Crippen LogP contribution >= 0.6 is 11.6 Å². The molecule has 0 aromatic heterocycles. The number of carbonyl (C=O) groups excluding carboxylic acids is 2. The molecule has 2 aromatic rings. The summed E-state index contributed by atoms with van der Waals surface area (Å²) < 4.78 is 38.4. The first-order valence-electron chi connectivity index (χ1n) is 10.2. The van der Waals surface area contributed by atoms with Crippen molar-refractivity contribution in [3.8, 4) is 11.5 Å². The van der Waals surface area contributed by atoms with Gasteiger partial charge in [-0.15, -0.1) is 0 Å². The number of nitrogens with zero attached hydrogens (tertiary/aromatic N) is 2. The molecule has 12 heteroatoms. The Bertz CT molecular complexity index is 1180. The number of hydrogen-bond donors (Lipinski definition) is 2. The average Bonchev–Trinajstić information content (AvgIpc) is 2.80. The summed E-state index contributed by atoms with van der Waals surface area (Å²) in [6, 6.07) is 9.29. The Morgan fingerprint density at radius 2 is 1.85 bits per heavy atom. The number of carbonyl (C=O) groups is 2. The number of amides is 3. The Kier molecular flexibility index (Phi) is 6.37. The lowest BCUT2D eigenvalue weighted by Gasteiger charge is -2.34. The van der Waals surface area contributed by atoms with Crippen LogP contribution in [0.2, 0.25) is 5.02 Å². The summed E-state index contributed by atoms with van der Waals surface area (Å²) >= 11 is 6.24. The van der Waals surface area contributed by atoms with Gasteiger partial charge in [-0.05, 0) is 37.3 Å². The molecule has 0 spiro atoms. The molecule has 3 amide bonds. The van der Waals surface area contributed by atoms with Crippen LogP contribution in [0, 0.1) is 0 Å². The zero-order chi connectivity index (χ0) is 23.8. The third-order valence-electron chi connectivity index (χ3n) is 5.45. The van der Waals surface area contributed by atoms with Gasteiger partial charge in [-0.1, -0.05) is 11.6 Å². The zero-order valence-electron chi connectivity index (χ0n) is 18.0. The van der Waals surface area contributed by atoms with Crippen LogP contribution in [0.15, 0.2) is 41.3 Å². The maximum atomic E-state index is 13.2. The molecule has 4 rings (SSSR count). The highest BCUT2D eigenvalue weighted by Crippen LogP contribution is 2.38. The van der Waals surface area contributed by atoms with Crippen LogP contribution < -0.4 is 20.1 Å². The van der Waals surface area contributed by atoms with E-state index in [1.807, 2.05) is 0 Å². The highest BCUT2D eigenvalue weighted by Gasteiger charge is 2.34. The second-order valence-electron chi connectivity index (χ2n) is 7.58. The summed E-state index contributed by atoms with van der Waals surface area (Å²) in [6.07, 6.45) is -0.748. The molecular weight excluding hydrogens is 472 g/mol. The molecule has 10 nitrogen and oxygen atoms in total. The number of anilines is 2. The fraction of sp³-hybridized carbons (Fsp3) is 0.333. The molecule has 1 saturated heterocycles. The van der Waals surface area contributed by atoms with Crippen LogP contribution in [-0.2, 0) is 14.8 Å². The standard InChI is InChI=1S/C21H23ClN4O6S/c1-13-20(27)24-17-11-16(22)19(12-18(17)32-13)33(29,30)26-9-7-25(8-10-26)21(28)23-14-3-5-15(31-2)6-4-14/h3-6,11-13H,7-10H2,1-2H3,(H,23,28)(H,24,27). The first-order valence-corrected chi connectivity index (χ1v) is 12.0. The van der Waals surface area contributed by atoms with Gasteiger partial charge in [0.25, 0.3) is 5.91 Å². The van der Waals surface area contributed by atoms with E-state index in [1.54, 1.807) is 43.2 Å². The minimum atomic E-state index is -3.94. The number of rotatable bonds is 4. The molecule has 33 heavy (non-hydrogen) atoms. The fourth-order valence-electron chi connectivity index (χ4n) is 3.55. The zero-order valence-corrected chi connectivity index (χ0v) is 19.6. The molecule has 2 N–H and O–H groups in total. The smallest absolute Gasteiger partial charge is 0.321 e. The lowest BCUT2D eigenvalue weighted by Crippen LogP contribution is -2.51. The SMILES string of the molecule is COc1ccc(NC(=O)N2CCN(S(=O)(=O)c3cc4c(cc3Cl)NC(=O)C(C)O4)CC2)cc1. The van der Waals surface area contributed by atoms with E-state index >= 15 is 0 Å². The number of benzene rings is 2. The van der Waals surface area contributed by atoms with E-state index in [9.17, 15) is 18.0 Å². The predicted molar refractivity (Wildman–Crippen MR) is 123 cm³/mol. The quantitative estimate of drug-likeness (QED) is 0.674. The van der Waals surface area contributed by atoms with Crippen molar-refractivity contribution in [2.45, 2.75) is 17.9 Å². The van der Waals surface area contributed by atoms with Gasteiger partial charge in [-0.25, -0.2) is 13.2 Å². The minimum Gasteiger partial charge on any atom is -0.497 e. The van der Waals surface area contributed by atoms with Gasteiger partial charge < -0.3 is 25.0 Å². The molecule has 2 heterocycles. The van der Waals surface area contributed by atoms with Gasteiger partial charge in [0.1, 0.15) is 16.4 Å². The number of sulfonamides is 1. The van der Waals surface area contributed by atoms with Gasteiger partial charge in [0, 0.05) is 37.9 Å². The predicted octanol–water partition coefficient (Wildman–Crippen LogP) is 2.61. The number of ether oxygens (including phenoxy) is 2. The molecular formula is C21H23ClN4O6S. The van der Waals surface area contributed by atoms with Crippen LogP contribution in [0.1, 0.15) is 6.92 Å². The fourth-order valence-corrected chi connectivity index (χ4v) is 5.49. The summed E-state index contributed by atoms with van der Waals surface area (Å²) in [4.78, 5) is 25.8. The van der Waals surface area contributed by atoms with Crippen molar-refractivity contribution in [2.75, 3.05) is 43.9 Å². The van der Waals surface area contributed by atoms with Crippen LogP contribution in [0.25, 0.3) is 0 Å². The topological polar surface area (TPSA) is 117 Å². The Morgan fingerprint density at radius 3 is 2.48 bits per heavy atom. The third-order valence-corrected chi connectivity index (χ3v) is 7.81. The molecule has 0 bridgehead atoms. The molecule has 1 fully saturated rings. The van der Waals surface area contributed by atoms with E-state index in [0.29, 0.717) is 17.1 Å². The highest BCUT2D eigenvalue weighted by atomic mass is 35.5. The minimum absolute atomic E-state index is 0.0214. The maximum absolute atomic E-state index is 13.2. The lowest BCUT2D eigenvalue weighted by atomic mass is 10.2. The van der Waals surface area contributed by atoms with Crippen molar-refractivity contribution < 1.29 is 27.5 Å². The Morgan fingerprint density at radius 1 is 1.18 bits per heavy atom. The normalized spacial score (nSPS) is 18.7. The van der Waals surface area contributed by atoms with E-state index in [2.05, 4.69) is 10.6 Å². The van der Waals surface area contributed by atoms with Gasteiger partial charge in [0.05, 0.1) is 17.8 Å². The summed E-state index contributed by atoms with van der Waals surface area (Å²) in [5.41, 5.74) is 0.931. The second-order valence-corrected chi connectivity index (χ2v) is 9.89. The van der Waals surface area contributed by atoms with Crippen LogP contribution in [0.4, 0.5) is 16.2 Å². The van der Waals surface area contributed by atoms with Gasteiger partial charge in [-0.2, -0.15) is 4.31 Å². The van der Waals surface area contributed by atoms with Crippen molar-refractivity contribution in [3.05, 3.63) is 41.4 Å². The molecule has 2 aliphatic heterocycles. The molecule has 2 aliphatic rings. The molecule has 1 unspecified atom stereocenters. The van der Waals surface area contributed by atoms with Gasteiger partial charge in [0.15, 0.2) is 6.10 Å². The molecule has 0 radical (unpaired) electrons. The summed E-state index contributed by atoms with van der Waals surface area (Å²) in [7, 11) is -2.38. The van der Waals surface area contributed by atoms with Crippen molar-refractivity contribution in [3.63, 3.8) is 0 Å². The molecule has 2 aromatic carbocycles. The average molecular weight is 495 g/mol. The maximum Gasteiger partial charge on any atom is 0.321 e. The van der Waals surface area contributed by atoms with Crippen molar-refractivity contribution in [1.29, 1.82) is 0 Å². The van der Waals surface area contributed by atoms with E-state index in [0.717, 1.165) is 0 Å². The number of hydrogen-bond acceptors (Lipinski definition) is 6. The Labute approximate surface area is 196 Å². The van der Waals surface area contributed by atoms with E-state index < -0.39 is 16.1 Å². The van der Waals surface area contributed by atoms with Gasteiger partial charge in [0.2, 0.25) is 10.0 Å². The second kappa shape index (κ2) is 9.08. The Hall–Kier alpha value is -3.02. The number of methoxy groups -OCH3 is 1. The number of piperazine rings is 1. The summed E-state index contributed by atoms with van der Waals surface area (Å²) in [5, 5.41) is 5.41. The van der Waals surface area contributed by atoms with Crippen molar-refractivity contribution in [1.82, 2.24) is 9.21 Å². The van der Waals surface area contributed by atoms with E-state index in [1.165, 1.54) is 16.4 Å². The third kappa shape index (κ3) is 4.70. The molecule has 0 saturated carbocycles. The van der Waals surface area contributed by atoms with Crippen LogP contribution in [-0.4, -0.2) is 69.0 Å². The molecule has 1 atom stereocenters. The van der Waals surface area contributed by atoms with E-state index in [4.69, 9.17) is 21.1 Å². The molecule has 0 aliphatic carbocycles. The summed E-state index contributed by atoms with van der Waals surface area (Å²) in [5.74, 6) is 0.579. The number of urea groups is 1. The summed E-state index contributed by atoms with van der Waals surface area (Å²) in [6.45, 7) is 2.22. The number of halogens is 1. The van der Waals surface area contributed by atoms with Gasteiger partial charge in [-0.3, -0.25) is 4.79 Å². The number of nitrogens with one attached hydrogen (secondary N) is 2. The highest BCUT2D eigenvalue weighted by molar-refractivity contribution is 7.89. The van der Waals surface area contributed by atoms with E-state index in [-0.39, 0.29) is 53.8 Å². The first kappa shape index (κ1) is 23.1. The largest absolute Gasteiger partial charge is 0.497 e. The molecule has 176 valence electrons. The first-order chi connectivity index (χ1) is 15.7. The van der Waals surface area contributed by atoms with Gasteiger partial charge >= 0.3 is 6.03 Å². The van der Waals surface area contributed by atoms with Crippen molar-refractivity contribution in [2.24, 2.45) is 0 Å². The van der Waals surface area contributed by atoms with Crippen molar-refractivity contribution >= 4 is 44.9 Å². The van der Waals surface area contributed by atoms with Crippen LogP contribution in [0.3, 0.4) is 0 Å². The lowest BCUT2D eigenvalue weighted by molar-refractivity contribution is -0.122. The number of fused-ring (bicyclic) bond motifs is 1.